The normalized spacial score (nSPS) is 14.9. The predicted octanol–water partition coefficient (Wildman–Crippen LogP) is 5.27. The molecule has 166 valence electrons. The molecule has 2 heterocycles. The first-order chi connectivity index (χ1) is 15.6. The molecule has 2 aromatic heterocycles. The van der Waals surface area contributed by atoms with Crippen molar-refractivity contribution in [3.63, 3.8) is 0 Å². The summed E-state index contributed by atoms with van der Waals surface area (Å²) < 4.78 is 7.21. The Kier molecular flexibility index (Phi) is 7.24. The largest absolute Gasteiger partial charge is 0.324 e. The number of rotatable bonds is 9. The molecule has 1 aromatic carbocycles. The van der Waals surface area contributed by atoms with Gasteiger partial charge in [0, 0.05) is 41.5 Å². The van der Waals surface area contributed by atoms with E-state index in [-0.39, 0.29) is 6.04 Å². The molecular weight excluding hydrogens is 420 g/mol. The fourth-order valence-corrected chi connectivity index (χ4v) is 4.46. The molecule has 0 amide bonds. The molecule has 1 aliphatic carbocycles. The van der Waals surface area contributed by atoms with Crippen LogP contribution < -0.4 is 10.0 Å². The Hall–Kier alpha value is -3.09. The number of benzene rings is 1. The minimum absolute atomic E-state index is 0.133. The van der Waals surface area contributed by atoms with Gasteiger partial charge in [-0.1, -0.05) is 12.8 Å². The van der Waals surface area contributed by atoms with Crippen LogP contribution in [0.2, 0.25) is 0 Å². The quantitative estimate of drug-likeness (QED) is 0.428. The molecule has 1 aliphatic rings. The van der Waals surface area contributed by atoms with E-state index >= 15 is 0 Å². The van der Waals surface area contributed by atoms with Gasteiger partial charge in [0.1, 0.15) is 0 Å². The molecule has 1 unspecified atom stereocenters. The summed E-state index contributed by atoms with van der Waals surface area (Å²) >= 11 is 1.52. The van der Waals surface area contributed by atoms with Gasteiger partial charge in [-0.15, -0.1) is 0 Å². The highest BCUT2D eigenvalue weighted by atomic mass is 32.2. The van der Waals surface area contributed by atoms with Crippen LogP contribution in [-0.4, -0.2) is 38.1 Å². The number of aromatic nitrogens is 4. The van der Waals surface area contributed by atoms with E-state index < -0.39 is 0 Å². The average Bonchev–Trinajstić information content (AvgIpc) is 3.50. The van der Waals surface area contributed by atoms with E-state index in [0.717, 1.165) is 22.6 Å². The Morgan fingerprint density at radius 3 is 2.66 bits per heavy atom. The van der Waals surface area contributed by atoms with E-state index in [1.807, 2.05) is 65.8 Å². The van der Waals surface area contributed by atoms with Crippen molar-refractivity contribution in [1.29, 1.82) is 5.26 Å². The minimum Gasteiger partial charge on any atom is -0.324 e. The van der Waals surface area contributed by atoms with Gasteiger partial charge in [0.15, 0.2) is 0 Å². The van der Waals surface area contributed by atoms with Gasteiger partial charge in [0.2, 0.25) is 5.95 Å². The summed E-state index contributed by atoms with van der Waals surface area (Å²) in [7, 11) is 3.97. The molecule has 1 atom stereocenters. The van der Waals surface area contributed by atoms with Gasteiger partial charge in [-0.05, 0) is 63.2 Å². The Labute approximate surface area is 193 Å². The molecule has 8 nitrogen and oxygen atoms in total. The molecule has 0 saturated heterocycles. The van der Waals surface area contributed by atoms with Crippen molar-refractivity contribution in [2.24, 2.45) is 5.92 Å². The van der Waals surface area contributed by atoms with Crippen molar-refractivity contribution < 1.29 is 0 Å². The number of nitrogens with one attached hydrogen (secondary N) is 2. The van der Waals surface area contributed by atoms with Crippen LogP contribution in [0, 0.1) is 17.2 Å². The van der Waals surface area contributed by atoms with Gasteiger partial charge in [0.25, 0.3) is 0 Å². The third-order valence-corrected chi connectivity index (χ3v) is 6.32. The van der Waals surface area contributed by atoms with Gasteiger partial charge < -0.3 is 10.0 Å². The van der Waals surface area contributed by atoms with E-state index in [1.54, 1.807) is 6.20 Å². The minimum atomic E-state index is 0.133. The van der Waals surface area contributed by atoms with E-state index in [0.29, 0.717) is 18.3 Å². The molecule has 0 bridgehead atoms. The molecule has 0 radical (unpaired) electrons. The molecule has 3 aromatic rings. The summed E-state index contributed by atoms with van der Waals surface area (Å²) in [6, 6.07) is 12.3. The SMILES string of the molecule is CN(C)SNc1ccc(Nc2nccc(-c3cnn(C(CC#N)C4CCCC4)c3)n2)cc1. The Balaban J connectivity index is 1.46. The van der Waals surface area contributed by atoms with Crippen LogP contribution in [0.4, 0.5) is 17.3 Å². The van der Waals surface area contributed by atoms with Crippen LogP contribution >= 0.6 is 12.1 Å². The highest BCUT2D eigenvalue weighted by molar-refractivity contribution is 7.98. The lowest BCUT2D eigenvalue weighted by Crippen LogP contribution is -2.17. The van der Waals surface area contributed by atoms with E-state index in [1.165, 1.54) is 37.8 Å². The average molecular weight is 449 g/mol. The van der Waals surface area contributed by atoms with Gasteiger partial charge in [-0.3, -0.25) is 4.68 Å². The van der Waals surface area contributed by atoms with Crippen LogP contribution in [0.15, 0.2) is 48.9 Å². The maximum absolute atomic E-state index is 9.30. The first-order valence-electron chi connectivity index (χ1n) is 10.8. The van der Waals surface area contributed by atoms with Crippen molar-refractivity contribution >= 4 is 29.5 Å². The molecule has 9 heteroatoms. The van der Waals surface area contributed by atoms with Gasteiger partial charge >= 0.3 is 0 Å². The zero-order valence-corrected chi connectivity index (χ0v) is 19.2. The van der Waals surface area contributed by atoms with Crippen LogP contribution in [0.3, 0.4) is 0 Å². The second-order valence-corrected chi connectivity index (χ2v) is 9.27. The number of hydrogen-bond donors (Lipinski definition) is 2. The molecule has 0 spiro atoms. The second kappa shape index (κ2) is 10.5. The zero-order valence-electron chi connectivity index (χ0n) is 18.4. The van der Waals surface area contributed by atoms with Crippen LogP contribution in [0.1, 0.15) is 38.1 Å². The molecule has 2 N–H and O–H groups in total. The molecule has 1 fully saturated rings. The summed E-state index contributed by atoms with van der Waals surface area (Å²) in [5, 5.41) is 17.1. The number of nitriles is 1. The zero-order chi connectivity index (χ0) is 22.3. The molecule has 0 aliphatic heterocycles. The van der Waals surface area contributed by atoms with Gasteiger partial charge in [0.05, 0.1) is 30.4 Å². The Morgan fingerprint density at radius 2 is 1.94 bits per heavy atom. The lowest BCUT2D eigenvalue weighted by molar-refractivity contribution is 0.315. The number of nitrogens with zero attached hydrogens (tertiary/aromatic N) is 6. The van der Waals surface area contributed by atoms with Crippen molar-refractivity contribution in [1.82, 2.24) is 24.1 Å². The molecular formula is C23H28N8S. The van der Waals surface area contributed by atoms with E-state index in [2.05, 4.69) is 31.2 Å². The standard InChI is InChI=1S/C23H28N8S/c1-30(2)32-29-20-9-7-19(8-10-20)27-23-25-14-12-21(28-23)18-15-26-31(16-18)22(11-13-24)17-5-3-4-6-17/h7-10,12,14-17,22,29H,3-6,11H2,1-2H3,(H,25,27,28). The topological polar surface area (TPSA) is 94.7 Å². The first-order valence-corrected chi connectivity index (χ1v) is 11.6. The Bertz CT molecular complexity index is 1050. The monoisotopic (exact) mass is 448 g/mol. The van der Waals surface area contributed by atoms with Crippen molar-refractivity contribution in [3.05, 3.63) is 48.9 Å². The van der Waals surface area contributed by atoms with Crippen LogP contribution in [0.25, 0.3) is 11.3 Å². The first kappa shape index (κ1) is 22.1. The predicted molar refractivity (Wildman–Crippen MR) is 129 cm³/mol. The third kappa shape index (κ3) is 5.58. The van der Waals surface area contributed by atoms with Crippen LogP contribution in [-0.2, 0) is 0 Å². The van der Waals surface area contributed by atoms with Crippen LogP contribution in [0.5, 0.6) is 0 Å². The Morgan fingerprint density at radius 1 is 1.19 bits per heavy atom. The molecule has 1 saturated carbocycles. The number of anilines is 3. The summed E-state index contributed by atoms with van der Waals surface area (Å²) in [6.45, 7) is 0. The lowest BCUT2D eigenvalue weighted by Gasteiger charge is -2.21. The second-order valence-electron chi connectivity index (χ2n) is 8.16. The number of hydrogen-bond acceptors (Lipinski definition) is 8. The lowest BCUT2D eigenvalue weighted by atomic mass is 9.96. The maximum Gasteiger partial charge on any atom is 0.227 e. The highest BCUT2D eigenvalue weighted by Crippen LogP contribution is 2.36. The smallest absolute Gasteiger partial charge is 0.227 e. The summed E-state index contributed by atoms with van der Waals surface area (Å²) in [4.78, 5) is 9.03. The van der Waals surface area contributed by atoms with E-state index in [4.69, 9.17) is 0 Å². The fraction of sp³-hybridized carbons (Fsp3) is 0.391. The van der Waals surface area contributed by atoms with E-state index in [9.17, 15) is 5.26 Å². The summed E-state index contributed by atoms with van der Waals surface area (Å²) in [6.07, 6.45) is 10.9. The third-order valence-electron chi connectivity index (χ3n) is 5.62. The van der Waals surface area contributed by atoms with Crippen molar-refractivity contribution in [2.75, 3.05) is 24.1 Å². The molecule has 4 rings (SSSR count). The molecule has 32 heavy (non-hydrogen) atoms. The van der Waals surface area contributed by atoms with Crippen molar-refractivity contribution in [2.45, 2.75) is 38.1 Å². The summed E-state index contributed by atoms with van der Waals surface area (Å²) in [5.41, 5.74) is 3.66. The maximum atomic E-state index is 9.30. The van der Waals surface area contributed by atoms with Gasteiger partial charge in [-0.2, -0.15) is 10.4 Å². The van der Waals surface area contributed by atoms with Crippen molar-refractivity contribution in [3.8, 4) is 17.3 Å². The fourth-order valence-electron chi connectivity index (χ4n) is 4.04. The highest BCUT2D eigenvalue weighted by Gasteiger charge is 2.27. The van der Waals surface area contributed by atoms with Gasteiger partial charge in [-0.25, -0.2) is 14.3 Å². The summed E-state index contributed by atoms with van der Waals surface area (Å²) in [5.74, 6) is 1.06.